The van der Waals surface area contributed by atoms with Gasteiger partial charge in [0.15, 0.2) is 6.61 Å². The van der Waals surface area contributed by atoms with E-state index in [2.05, 4.69) is 10.1 Å². The molecule has 1 aromatic carbocycles. The predicted octanol–water partition coefficient (Wildman–Crippen LogP) is -0.546. The number of carbonyl (C=O) groups excluding carboxylic acids is 3. The van der Waals surface area contributed by atoms with Crippen LogP contribution in [0.4, 0.5) is 0 Å². The monoisotopic (exact) mass is 266 g/mol. The van der Waals surface area contributed by atoms with Gasteiger partial charge >= 0.3 is 5.97 Å². The van der Waals surface area contributed by atoms with E-state index in [1.54, 1.807) is 24.3 Å². The number of ether oxygens (including phenoxy) is 2. The van der Waals surface area contributed by atoms with Gasteiger partial charge in [0, 0.05) is 5.56 Å². The maximum atomic E-state index is 11.6. The molecule has 0 atom stereocenters. The zero-order chi connectivity index (χ0) is 14.3. The second-order valence-electron chi connectivity index (χ2n) is 3.54. The second-order valence-corrected chi connectivity index (χ2v) is 3.54. The zero-order valence-corrected chi connectivity index (χ0v) is 10.3. The summed E-state index contributed by atoms with van der Waals surface area (Å²) < 4.78 is 9.43. The van der Waals surface area contributed by atoms with E-state index in [0.717, 1.165) is 0 Å². The third-order valence-corrected chi connectivity index (χ3v) is 2.12. The maximum absolute atomic E-state index is 11.6. The summed E-state index contributed by atoms with van der Waals surface area (Å²) in [6, 6.07) is 6.37. The number of hydrogen-bond donors (Lipinski definition) is 2. The quantitative estimate of drug-likeness (QED) is 0.672. The van der Waals surface area contributed by atoms with Crippen molar-refractivity contribution in [1.29, 1.82) is 0 Å². The molecule has 7 nitrogen and oxygen atoms in total. The first-order valence-corrected chi connectivity index (χ1v) is 5.39. The molecule has 0 aromatic heterocycles. The fraction of sp³-hybridized carbons (Fsp3) is 0.250. The minimum Gasteiger partial charge on any atom is -0.497 e. The smallest absolute Gasteiger partial charge is 0.325 e. The second kappa shape index (κ2) is 7.00. The van der Waals surface area contributed by atoms with Gasteiger partial charge in [0.25, 0.3) is 11.8 Å². The molecule has 0 heterocycles. The predicted molar refractivity (Wildman–Crippen MR) is 65.5 cm³/mol. The molecule has 0 aliphatic heterocycles. The minimum absolute atomic E-state index is 0.335. The number of methoxy groups -OCH3 is 1. The first-order valence-electron chi connectivity index (χ1n) is 5.39. The van der Waals surface area contributed by atoms with Gasteiger partial charge in [-0.1, -0.05) is 0 Å². The van der Waals surface area contributed by atoms with Gasteiger partial charge < -0.3 is 20.5 Å². The molecule has 0 saturated heterocycles. The van der Waals surface area contributed by atoms with Crippen LogP contribution in [0.15, 0.2) is 24.3 Å². The molecule has 0 unspecified atom stereocenters. The average molecular weight is 266 g/mol. The van der Waals surface area contributed by atoms with Gasteiger partial charge in [0.2, 0.25) is 0 Å². The molecule has 0 radical (unpaired) electrons. The zero-order valence-electron chi connectivity index (χ0n) is 10.3. The van der Waals surface area contributed by atoms with Crippen molar-refractivity contribution >= 4 is 17.8 Å². The third kappa shape index (κ3) is 5.07. The van der Waals surface area contributed by atoms with Crippen LogP contribution in [-0.2, 0) is 14.3 Å². The van der Waals surface area contributed by atoms with E-state index < -0.39 is 24.4 Å². The molecule has 2 amide bonds. The normalized spacial score (nSPS) is 9.53. The number of esters is 1. The molecule has 19 heavy (non-hydrogen) atoms. The van der Waals surface area contributed by atoms with E-state index in [0.29, 0.717) is 11.3 Å². The molecule has 0 bridgehead atoms. The van der Waals surface area contributed by atoms with Gasteiger partial charge in [-0.25, -0.2) is 0 Å². The van der Waals surface area contributed by atoms with Crippen LogP contribution in [0.2, 0.25) is 0 Å². The van der Waals surface area contributed by atoms with Crippen LogP contribution >= 0.6 is 0 Å². The van der Waals surface area contributed by atoms with Gasteiger partial charge in [-0.2, -0.15) is 0 Å². The van der Waals surface area contributed by atoms with E-state index in [1.807, 2.05) is 0 Å². The van der Waals surface area contributed by atoms with Crippen LogP contribution in [0, 0.1) is 0 Å². The number of amides is 2. The average Bonchev–Trinajstić information content (AvgIpc) is 2.42. The Hall–Kier alpha value is -2.57. The summed E-state index contributed by atoms with van der Waals surface area (Å²) in [5, 5.41) is 2.35. The fourth-order valence-electron chi connectivity index (χ4n) is 1.20. The van der Waals surface area contributed by atoms with Crippen LogP contribution in [0.3, 0.4) is 0 Å². The van der Waals surface area contributed by atoms with Crippen LogP contribution in [-0.4, -0.2) is 38.0 Å². The molecule has 0 aliphatic carbocycles. The lowest BCUT2D eigenvalue weighted by molar-refractivity contribution is -0.146. The Balaban J connectivity index is 2.42. The highest BCUT2D eigenvalue weighted by Gasteiger charge is 2.09. The van der Waals surface area contributed by atoms with Crippen LogP contribution in [0.5, 0.6) is 5.75 Å². The van der Waals surface area contributed by atoms with E-state index in [4.69, 9.17) is 10.5 Å². The summed E-state index contributed by atoms with van der Waals surface area (Å²) in [4.78, 5) is 33.1. The lowest BCUT2D eigenvalue weighted by atomic mass is 10.2. The molecule has 102 valence electrons. The van der Waals surface area contributed by atoms with Crippen molar-refractivity contribution in [2.45, 2.75) is 0 Å². The Bertz CT molecular complexity index is 470. The number of rotatable bonds is 6. The fourth-order valence-corrected chi connectivity index (χ4v) is 1.20. The third-order valence-electron chi connectivity index (χ3n) is 2.12. The molecule has 0 fully saturated rings. The van der Waals surface area contributed by atoms with E-state index in [1.165, 1.54) is 7.11 Å². The van der Waals surface area contributed by atoms with E-state index in [9.17, 15) is 14.4 Å². The lowest BCUT2D eigenvalue weighted by Crippen LogP contribution is -2.32. The molecule has 7 heteroatoms. The number of nitrogens with two attached hydrogens (primary N) is 1. The molecular weight excluding hydrogens is 252 g/mol. The topological polar surface area (TPSA) is 108 Å². The summed E-state index contributed by atoms with van der Waals surface area (Å²) in [5.41, 5.74) is 5.18. The number of carbonyl (C=O) groups is 3. The van der Waals surface area contributed by atoms with E-state index >= 15 is 0 Å². The van der Waals surface area contributed by atoms with Crippen LogP contribution in [0.25, 0.3) is 0 Å². The van der Waals surface area contributed by atoms with Crippen LogP contribution in [0.1, 0.15) is 10.4 Å². The summed E-state index contributed by atoms with van der Waals surface area (Å²) in [5.74, 6) is -1.30. The first-order chi connectivity index (χ1) is 9.02. The van der Waals surface area contributed by atoms with Crippen LogP contribution < -0.4 is 15.8 Å². The molecule has 1 rings (SSSR count). The van der Waals surface area contributed by atoms with Crippen molar-refractivity contribution in [2.24, 2.45) is 5.73 Å². The van der Waals surface area contributed by atoms with Crippen molar-refractivity contribution in [2.75, 3.05) is 20.3 Å². The van der Waals surface area contributed by atoms with Crippen molar-refractivity contribution in [3.8, 4) is 5.75 Å². The lowest BCUT2D eigenvalue weighted by Gasteiger charge is -2.06. The highest BCUT2D eigenvalue weighted by atomic mass is 16.5. The molecule has 1 aromatic rings. The van der Waals surface area contributed by atoms with E-state index in [-0.39, 0.29) is 6.54 Å². The highest BCUT2D eigenvalue weighted by Crippen LogP contribution is 2.10. The maximum Gasteiger partial charge on any atom is 0.325 e. The van der Waals surface area contributed by atoms with Gasteiger partial charge in [-0.05, 0) is 24.3 Å². The SMILES string of the molecule is COc1ccc(C(=O)NCC(=O)OCC(N)=O)cc1. The molecular formula is C12H14N2O5. The molecule has 0 aliphatic rings. The largest absolute Gasteiger partial charge is 0.497 e. The van der Waals surface area contributed by atoms with Crippen molar-refractivity contribution in [1.82, 2.24) is 5.32 Å². The van der Waals surface area contributed by atoms with Gasteiger partial charge in [-0.3, -0.25) is 14.4 Å². The summed E-state index contributed by atoms with van der Waals surface area (Å²) in [6.45, 7) is -0.838. The minimum atomic E-state index is -0.755. The van der Waals surface area contributed by atoms with Gasteiger partial charge in [-0.15, -0.1) is 0 Å². The summed E-state index contributed by atoms with van der Waals surface area (Å²) >= 11 is 0. The number of benzene rings is 1. The molecule has 0 spiro atoms. The number of primary amides is 1. The summed E-state index contributed by atoms with van der Waals surface area (Å²) in [7, 11) is 1.52. The Kier molecular flexibility index (Phi) is 5.34. The Morgan fingerprint density at radius 2 is 1.84 bits per heavy atom. The van der Waals surface area contributed by atoms with Crippen molar-refractivity contribution in [3.05, 3.63) is 29.8 Å². The number of hydrogen-bond acceptors (Lipinski definition) is 5. The standard InChI is InChI=1S/C12H14N2O5/c1-18-9-4-2-8(3-5-9)12(17)14-6-11(16)19-7-10(13)15/h2-5H,6-7H2,1H3,(H2,13,15)(H,14,17). The number of nitrogens with one attached hydrogen (secondary N) is 1. The van der Waals surface area contributed by atoms with Crippen molar-refractivity contribution in [3.63, 3.8) is 0 Å². The first kappa shape index (κ1) is 14.5. The van der Waals surface area contributed by atoms with Gasteiger partial charge in [0.1, 0.15) is 12.3 Å². The Morgan fingerprint density at radius 1 is 1.21 bits per heavy atom. The Labute approximate surface area is 109 Å². The Morgan fingerprint density at radius 3 is 2.37 bits per heavy atom. The van der Waals surface area contributed by atoms with Crippen molar-refractivity contribution < 1.29 is 23.9 Å². The summed E-state index contributed by atoms with van der Waals surface area (Å²) in [6.07, 6.45) is 0. The highest BCUT2D eigenvalue weighted by molar-refractivity contribution is 5.96. The van der Waals surface area contributed by atoms with Gasteiger partial charge in [0.05, 0.1) is 7.11 Å². The molecule has 0 saturated carbocycles. The molecule has 3 N–H and O–H groups in total.